The largest absolute Gasteiger partial charge is 0.504 e. The number of carbonyl (C=O) groups is 1. The van der Waals surface area contributed by atoms with Gasteiger partial charge in [-0.05, 0) is 18.6 Å². The van der Waals surface area contributed by atoms with Crippen LogP contribution in [0.2, 0.25) is 10.0 Å². The van der Waals surface area contributed by atoms with Crippen molar-refractivity contribution in [3.8, 4) is 5.75 Å². The van der Waals surface area contributed by atoms with Crippen molar-refractivity contribution in [1.29, 1.82) is 0 Å². The van der Waals surface area contributed by atoms with Crippen LogP contribution in [0.15, 0.2) is 6.07 Å². The molecule has 2 N–H and O–H groups in total. The summed E-state index contributed by atoms with van der Waals surface area (Å²) < 4.78 is 0. The highest BCUT2D eigenvalue weighted by Crippen LogP contribution is 2.38. The second kappa shape index (κ2) is 4.92. The highest BCUT2D eigenvalue weighted by atomic mass is 35.5. The first-order valence-electron chi connectivity index (χ1n) is 4.00. The van der Waals surface area contributed by atoms with E-state index in [1.807, 2.05) is 0 Å². The lowest BCUT2D eigenvalue weighted by Crippen LogP contribution is -2.12. The van der Waals surface area contributed by atoms with Crippen LogP contribution in [-0.4, -0.2) is 16.9 Å². The molecule has 82 valence electrons. The summed E-state index contributed by atoms with van der Waals surface area (Å²) in [7, 11) is 0. The number of phenolic OH excluding ortho intramolecular Hbond substituents is 1. The molecule has 1 aromatic rings. The molecule has 0 saturated carbocycles. The lowest BCUT2D eigenvalue weighted by molar-refractivity contribution is -0.113. The van der Waals surface area contributed by atoms with Gasteiger partial charge in [-0.1, -0.05) is 23.2 Å². The third-order valence-corrected chi connectivity index (χ3v) is 2.91. The van der Waals surface area contributed by atoms with Gasteiger partial charge in [0.25, 0.3) is 0 Å². The van der Waals surface area contributed by atoms with Crippen molar-refractivity contribution in [2.75, 3.05) is 11.2 Å². The summed E-state index contributed by atoms with van der Waals surface area (Å²) in [6.45, 7) is 1.66. The highest BCUT2D eigenvalue weighted by Gasteiger charge is 2.13. The van der Waals surface area contributed by atoms with Crippen LogP contribution in [0.1, 0.15) is 5.56 Å². The lowest BCUT2D eigenvalue weighted by atomic mass is 10.2. The predicted octanol–water partition coefficient (Wildman–Crippen LogP) is 3.18. The fraction of sp³-hybridized carbons (Fsp3) is 0.222. The second-order valence-electron chi connectivity index (χ2n) is 2.88. The fourth-order valence-corrected chi connectivity index (χ4v) is 1.51. The Morgan fingerprint density at radius 1 is 1.53 bits per heavy atom. The molecular weight excluding hydrogens is 260 g/mol. The van der Waals surface area contributed by atoms with Gasteiger partial charge in [0.2, 0.25) is 5.91 Å². The number of amides is 1. The number of anilines is 1. The molecule has 0 fully saturated rings. The minimum Gasteiger partial charge on any atom is -0.504 e. The van der Waals surface area contributed by atoms with E-state index in [1.54, 1.807) is 6.92 Å². The van der Waals surface area contributed by atoms with Crippen molar-refractivity contribution in [2.24, 2.45) is 0 Å². The van der Waals surface area contributed by atoms with Gasteiger partial charge in [-0.15, -0.1) is 11.6 Å². The zero-order valence-electron chi connectivity index (χ0n) is 7.77. The number of hydrogen-bond donors (Lipinski definition) is 2. The molecule has 0 aliphatic rings. The Morgan fingerprint density at radius 2 is 2.13 bits per heavy atom. The number of halogens is 3. The second-order valence-corrected chi connectivity index (χ2v) is 3.93. The molecule has 1 rings (SSSR count). The van der Waals surface area contributed by atoms with Crippen molar-refractivity contribution >= 4 is 46.4 Å². The van der Waals surface area contributed by atoms with Crippen LogP contribution < -0.4 is 5.32 Å². The Morgan fingerprint density at radius 3 is 2.67 bits per heavy atom. The van der Waals surface area contributed by atoms with E-state index in [0.717, 1.165) is 0 Å². The summed E-state index contributed by atoms with van der Waals surface area (Å²) in [4.78, 5) is 11.0. The van der Waals surface area contributed by atoms with Gasteiger partial charge in [-0.25, -0.2) is 0 Å². The summed E-state index contributed by atoms with van der Waals surface area (Å²) in [6.07, 6.45) is 0. The fourth-order valence-electron chi connectivity index (χ4n) is 0.983. The Kier molecular flexibility index (Phi) is 4.08. The van der Waals surface area contributed by atoms with Gasteiger partial charge >= 0.3 is 0 Å². The molecule has 0 aliphatic carbocycles. The number of aromatic hydroxyl groups is 1. The molecule has 0 aliphatic heterocycles. The SMILES string of the molecule is Cc1c(Cl)cc(NC(=O)CCl)c(O)c1Cl. The summed E-state index contributed by atoms with van der Waals surface area (Å²) in [5.74, 6) is -0.859. The maximum atomic E-state index is 11.0. The maximum absolute atomic E-state index is 11.0. The Hall–Kier alpha value is -0.640. The number of phenols is 1. The molecule has 0 aromatic heterocycles. The van der Waals surface area contributed by atoms with Gasteiger partial charge < -0.3 is 10.4 Å². The average molecular weight is 269 g/mol. The van der Waals surface area contributed by atoms with Gasteiger partial charge in [0, 0.05) is 5.02 Å². The quantitative estimate of drug-likeness (QED) is 0.639. The lowest BCUT2D eigenvalue weighted by Gasteiger charge is -2.10. The van der Waals surface area contributed by atoms with Crippen LogP contribution in [0.5, 0.6) is 5.75 Å². The molecule has 3 nitrogen and oxygen atoms in total. The average Bonchev–Trinajstić information content (AvgIpc) is 2.22. The number of alkyl halides is 1. The van der Waals surface area contributed by atoms with E-state index < -0.39 is 5.91 Å². The molecule has 0 unspecified atom stereocenters. The first-order valence-corrected chi connectivity index (χ1v) is 5.29. The monoisotopic (exact) mass is 267 g/mol. The van der Waals surface area contributed by atoms with E-state index in [2.05, 4.69) is 5.32 Å². The minimum atomic E-state index is -0.442. The minimum absolute atomic E-state index is 0.118. The predicted molar refractivity (Wildman–Crippen MR) is 62.2 cm³/mol. The van der Waals surface area contributed by atoms with Gasteiger partial charge in [0.15, 0.2) is 5.75 Å². The summed E-state index contributed by atoms with van der Waals surface area (Å²) >= 11 is 16.9. The topological polar surface area (TPSA) is 49.3 Å². The van der Waals surface area contributed by atoms with Crippen LogP contribution in [0.4, 0.5) is 5.69 Å². The van der Waals surface area contributed by atoms with Crippen LogP contribution in [0.3, 0.4) is 0 Å². The number of carbonyl (C=O) groups excluding carboxylic acids is 1. The molecule has 1 amide bonds. The van der Waals surface area contributed by atoms with Gasteiger partial charge in [0.05, 0.1) is 10.7 Å². The third kappa shape index (κ3) is 2.68. The molecule has 15 heavy (non-hydrogen) atoms. The van der Waals surface area contributed by atoms with Crippen molar-refractivity contribution < 1.29 is 9.90 Å². The zero-order chi connectivity index (χ0) is 11.6. The van der Waals surface area contributed by atoms with E-state index in [1.165, 1.54) is 6.07 Å². The third-order valence-electron chi connectivity index (χ3n) is 1.82. The maximum Gasteiger partial charge on any atom is 0.239 e. The molecule has 0 heterocycles. The van der Waals surface area contributed by atoms with Crippen LogP contribution in [-0.2, 0) is 4.79 Å². The van der Waals surface area contributed by atoms with Crippen molar-refractivity contribution in [3.63, 3.8) is 0 Å². The van der Waals surface area contributed by atoms with E-state index in [-0.39, 0.29) is 22.3 Å². The van der Waals surface area contributed by atoms with E-state index >= 15 is 0 Å². The van der Waals surface area contributed by atoms with Gasteiger partial charge in [-0.2, -0.15) is 0 Å². The standard InChI is InChI=1S/C9H8Cl3NO2/c1-4-5(11)2-6(9(15)8(4)12)13-7(14)3-10/h2,15H,3H2,1H3,(H,13,14). The van der Waals surface area contributed by atoms with Crippen molar-refractivity contribution in [1.82, 2.24) is 0 Å². The number of nitrogens with one attached hydrogen (secondary N) is 1. The van der Waals surface area contributed by atoms with Gasteiger partial charge in [-0.3, -0.25) is 4.79 Å². The number of hydrogen-bond acceptors (Lipinski definition) is 2. The number of benzene rings is 1. The smallest absolute Gasteiger partial charge is 0.239 e. The van der Waals surface area contributed by atoms with Crippen LogP contribution in [0, 0.1) is 6.92 Å². The van der Waals surface area contributed by atoms with Gasteiger partial charge in [0.1, 0.15) is 5.88 Å². The molecule has 0 bridgehead atoms. The molecule has 0 radical (unpaired) electrons. The van der Waals surface area contributed by atoms with Crippen molar-refractivity contribution in [2.45, 2.75) is 6.92 Å². The molecule has 0 spiro atoms. The molecular formula is C9H8Cl3NO2. The first-order chi connectivity index (χ1) is 6.97. The zero-order valence-corrected chi connectivity index (χ0v) is 10.0. The van der Waals surface area contributed by atoms with E-state index in [4.69, 9.17) is 34.8 Å². The molecule has 1 aromatic carbocycles. The van der Waals surface area contributed by atoms with Crippen LogP contribution >= 0.6 is 34.8 Å². The summed E-state index contributed by atoms with van der Waals surface area (Å²) in [5.41, 5.74) is 0.709. The Balaban J connectivity index is 3.15. The van der Waals surface area contributed by atoms with Crippen molar-refractivity contribution in [3.05, 3.63) is 21.7 Å². The molecule has 6 heteroatoms. The van der Waals surface area contributed by atoms with E-state index in [0.29, 0.717) is 10.6 Å². The highest BCUT2D eigenvalue weighted by molar-refractivity contribution is 6.37. The van der Waals surface area contributed by atoms with Crippen LogP contribution in [0.25, 0.3) is 0 Å². The molecule has 0 atom stereocenters. The van der Waals surface area contributed by atoms with E-state index in [9.17, 15) is 9.90 Å². The Bertz CT molecular complexity index is 407. The normalized spacial score (nSPS) is 10.1. The number of rotatable bonds is 2. The molecule has 0 saturated heterocycles. The first kappa shape index (κ1) is 12.4. The summed E-state index contributed by atoms with van der Waals surface area (Å²) in [5, 5.41) is 12.5. The Labute approximate surface area is 102 Å². The summed E-state index contributed by atoms with van der Waals surface area (Å²) in [6, 6.07) is 1.42.